The van der Waals surface area contributed by atoms with Crippen molar-refractivity contribution in [3.05, 3.63) is 89.7 Å². The summed E-state index contributed by atoms with van der Waals surface area (Å²) in [6.07, 6.45) is 3.39. The maximum absolute atomic E-state index is 12.6. The molecule has 2 N–H and O–H groups in total. The van der Waals surface area contributed by atoms with Gasteiger partial charge in [0.15, 0.2) is 0 Å². The number of nitrogens with one attached hydrogen (secondary N) is 2. The lowest BCUT2D eigenvalue weighted by molar-refractivity contribution is -0.113. The highest BCUT2D eigenvalue weighted by Crippen LogP contribution is 2.18. The number of hydrogen-bond acceptors (Lipinski definition) is 5. The number of benzene rings is 2. The van der Waals surface area contributed by atoms with Crippen molar-refractivity contribution in [3.8, 4) is 5.75 Å². The number of amides is 2. The number of ether oxygens (including phenoxy) is 1. The number of nitrogens with zero attached hydrogens (tertiary/aromatic N) is 1. The lowest BCUT2D eigenvalue weighted by Gasteiger charge is -2.11. The molecule has 1 heterocycles. The van der Waals surface area contributed by atoms with Crippen LogP contribution >= 0.6 is 11.8 Å². The fourth-order valence-electron chi connectivity index (χ4n) is 2.74. The molecule has 30 heavy (non-hydrogen) atoms. The Morgan fingerprint density at radius 1 is 1.00 bits per heavy atom. The van der Waals surface area contributed by atoms with Crippen molar-refractivity contribution in [2.45, 2.75) is 12.3 Å². The third-order valence-corrected chi connectivity index (χ3v) is 5.29. The van der Waals surface area contributed by atoms with E-state index in [0.717, 1.165) is 16.9 Å². The van der Waals surface area contributed by atoms with E-state index in [9.17, 15) is 9.59 Å². The molecular formula is C23H23N3O3S. The molecule has 0 atom stereocenters. The van der Waals surface area contributed by atoms with Crippen molar-refractivity contribution in [1.82, 2.24) is 10.3 Å². The summed E-state index contributed by atoms with van der Waals surface area (Å²) in [6.45, 7) is 0.368. The van der Waals surface area contributed by atoms with E-state index >= 15 is 0 Å². The average Bonchev–Trinajstić information content (AvgIpc) is 2.79. The normalized spacial score (nSPS) is 10.3. The zero-order valence-corrected chi connectivity index (χ0v) is 17.4. The summed E-state index contributed by atoms with van der Waals surface area (Å²) < 4.78 is 5.14. The van der Waals surface area contributed by atoms with Crippen LogP contribution in [0.5, 0.6) is 5.75 Å². The van der Waals surface area contributed by atoms with Gasteiger partial charge >= 0.3 is 0 Å². The van der Waals surface area contributed by atoms with Gasteiger partial charge in [-0.15, -0.1) is 11.8 Å². The van der Waals surface area contributed by atoms with Crippen LogP contribution in [0.2, 0.25) is 0 Å². The molecule has 0 saturated heterocycles. The molecule has 0 aliphatic carbocycles. The summed E-state index contributed by atoms with van der Waals surface area (Å²) in [6, 6.07) is 18.4. The van der Waals surface area contributed by atoms with Gasteiger partial charge in [0.25, 0.3) is 5.91 Å². The van der Waals surface area contributed by atoms with E-state index in [1.54, 1.807) is 43.8 Å². The maximum atomic E-state index is 12.6. The van der Waals surface area contributed by atoms with Gasteiger partial charge in [0, 0.05) is 24.7 Å². The second-order valence-corrected chi connectivity index (χ2v) is 7.46. The zero-order valence-electron chi connectivity index (χ0n) is 16.6. The van der Waals surface area contributed by atoms with Gasteiger partial charge in [-0.3, -0.25) is 14.6 Å². The van der Waals surface area contributed by atoms with Crippen LogP contribution < -0.4 is 15.4 Å². The number of carbonyl (C=O) groups excluding carboxylic acids is 2. The monoisotopic (exact) mass is 421 g/mol. The Morgan fingerprint density at radius 2 is 1.80 bits per heavy atom. The molecule has 2 amide bonds. The molecule has 0 radical (unpaired) electrons. The molecule has 6 nitrogen and oxygen atoms in total. The summed E-state index contributed by atoms with van der Waals surface area (Å²) in [5.74, 6) is 1.41. The highest BCUT2D eigenvalue weighted by molar-refractivity contribution is 7.99. The Hall–Kier alpha value is -3.32. The van der Waals surface area contributed by atoms with E-state index < -0.39 is 0 Å². The molecule has 2 aromatic carbocycles. The molecule has 3 rings (SSSR count). The van der Waals surface area contributed by atoms with E-state index in [2.05, 4.69) is 15.6 Å². The molecule has 0 aliphatic rings. The number of thioether (sulfide) groups is 1. The minimum Gasteiger partial charge on any atom is -0.497 e. The van der Waals surface area contributed by atoms with Crippen LogP contribution in [0.15, 0.2) is 73.1 Å². The van der Waals surface area contributed by atoms with Crippen LogP contribution in [0.25, 0.3) is 0 Å². The van der Waals surface area contributed by atoms with Crippen molar-refractivity contribution in [1.29, 1.82) is 0 Å². The number of anilines is 1. The van der Waals surface area contributed by atoms with Gasteiger partial charge in [-0.05, 0) is 41.5 Å². The molecule has 0 spiro atoms. The highest BCUT2D eigenvalue weighted by atomic mass is 32.2. The third-order valence-electron chi connectivity index (χ3n) is 4.28. The first-order valence-corrected chi connectivity index (χ1v) is 10.6. The number of aromatic nitrogens is 1. The van der Waals surface area contributed by atoms with E-state index in [-0.39, 0.29) is 17.6 Å². The predicted octanol–water partition coefficient (Wildman–Crippen LogP) is 3.89. The van der Waals surface area contributed by atoms with Crippen molar-refractivity contribution >= 4 is 29.3 Å². The minimum atomic E-state index is -0.249. The van der Waals surface area contributed by atoms with Gasteiger partial charge < -0.3 is 15.4 Å². The lowest BCUT2D eigenvalue weighted by Crippen LogP contribution is -2.25. The number of rotatable bonds is 9. The van der Waals surface area contributed by atoms with Gasteiger partial charge in [-0.1, -0.05) is 30.3 Å². The quantitative estimate of drug-likeness (QED) is 0.548. The molecular weight excluding hydrogens is 398 g/mol. The number of hydrogen-bond donors (Lipinski definition) is 2. The van der Waals surface area contributed by atoms with Crippen molar-refractivity contribution < 1.29 is 14.3 Å². The number of methoxy groups -OCH3 is 1. The predicted molar refractivity (Wildman–Crippen MR) is 120 cm³/mol. The molecule has 1 aromatic heterocycles. The van der Waals surface area contributed by atoms with Crippen LogP contribution in [0.1, 0.15) is 21.5 Å². The number of carbonyl (C=O) groups is 2. The second kappa shape index (κ2) is 11.0. The summed E-state index contributed by atoms with van der Waals surface area (Å²) in [4.78, 5) is 29.0. The van der Waals surface area contributed by atoms with Gasteiger partial charge in [-0.2, -0.15) is 0 Å². The third kappa shape index (κ3) is 6.35. The van der Waals surface area contributed by atoms with E-state index in [4.69, 9.17) is 4.74 Å². The smallest absolute Gasteiger partial charge is 0.253 e. The lowest BCUT2D eigenvalue weighted by atomic mass is 10.1. The molecule has 0 bridgehead atoms. The molecule has 154 valence electrons. The van der Waals surface area contributed by atoms with Crippen LogP contribution in [0.3, 0.4) is 0 Å². The van der Waals surface area contributed by atoms with Crippen LogP contribution in [0, 0.1) is 0 Å². The SMILES string of the molecule is COc1ccc(CSCC(=O)Nc2ccccc2C(=O)NCc2cccnc2)cc1. The van der Waals surface area contributed by atoms with Gasteiger partial charge in [-0.25, -0.2) is 0 Å². The zero-order chi connectivity index (χ0) is 21.2. The van der Waals surface area contributed by atoms with Crippen molar-refractivity contribution in [2.24, 2.45) is 0 Å². The minimum absolute atomic E-state index is 0.152. The van der Waals surface area contributed by atoms with Crippen molar-refractivity contribution in [3.63, 3.8) is 0 Å². The molecule has 0 saturated carbocycles. The average molecular weight is 422 g/mol. The molecule has 3 aromatic rings. The Bertz CT molecular complexity index is 978. The first kappa shape index (κ1) is 21.4. The molecule has 0 fully saturated rings. The first-order chi connectivity index (χ1) is 14.7. The Kier molecular flexibility index (Phi) is 7.86. The topological polar surface area (TPSA) is 80.3 Å². The summed E-state index contributed by atoms with van der Waals surface area (Å²) in [7, 11) is 1.63. The second-order valence-electron chi connectivity index (χ2n) is 6.48. The number of pyridine rings is 1. The largest absolute Gasteiger partial charge is 0.497 e. The Balaban J connectivity index is 1.51. The van der Waals surface area contributed by atoms with Gasteiger partial charge in [0.05, 0.1) is 24.1 Å². The maximum Gasteiger partial charge on any atom is 0.253 e. The number of para-hydroxylation sites is 1. The fraction of sp³-hybridized carbons (Fsp3) is 0.174. The van der Waals surface area contributed by atoms with E-state index in [1.165, 1.54) is 11.8 Å². The standard InChI is InChI=1S/C23H23N3O3S/c1-29-19-10-8-17(9-11-19)15-30-16-22(27)26-21-7-3-2-6-20(21)23(28)25-14-18-5-4-12-24-13-18/h2-13H,14-16H2,1H3,(H,25,28)(H,26,27). The van der Waals surface area contributed by atoms with E-state index in [0.29, 0.717) is 23.5 Å². The molecule has 0 unspecified atom stereocenters. The van der Waals surface area contributed by atoms with E-state index in [1.807, 2.05) is 36.4 Å². The summed E-state index contributed by atoms with van der Waals surface area (Å²) in [5, 5.41) is 5.70. The first-order valence-electron chi connectivity index (χ1n) is 9.42. The van der Waals surface area contributed by atoms with Gasteiger partial charge in [0.1, 0.15) is 5.75 Å². The van der Waals surface area contributed by atoms with Crippen molar-refractivity contribution in [2.75, 3.05) is 18.2 Å². The molecule has 7 heteroatoms. The summed E-state index contributed by atoms with van der Waals surface area (Å²) >= 11 is 1.51. The fourth-order valence-corrected chi connectivity index (χ4v) is 3.53. The van der Waals surface area contributed by atoms with Crippen LogP contribution in [-0.4, -0.2) is 29.7 Å². The Morgan fingerprint density at radius 3 is 2.53 bits per heavy atom. The Labute approximate surface area is 180 Å². The van der Waals surface area contributed by atoms with Gasteiger partial charge in [0.2, 0.25) is 5.91 Å². The molecule has 0 aliphatic heterocycles. The highest BCUT2D eigenvalue weighted by Gasteiger charge is 2.13. The van der Waals surface area contributed by atoms with Crippen LogP contribution in [-0.2, 0) is 17.1 Å². The van der Waals surface area contributed by atoms with Crippen LogP contribution in [0.4, 0.5) is 5.69 Å². The summed E-state index contributed by atoms with van der Waals surface area (Å²) in [5.41, 5.74) is 2.94.